The Kier molecular flexibility index (Phi) is 7.74. The minimum absolute atomic E-state index is 0.290. The van der Waals surface area contributed by atoms with Crippen LogP contribution in [0.25, 0.3) is 0 Å². The maximum atomic E-state index is 11.0. The molecule has 204 valence electrons. The topological polar surface area (TPSA) is 43.8 Å². The summed E-state index contributed by atoms with van der Waals surface area (Å²) in [7, 11) is 0. The molecule has 0 radical (unpaired) electrons. The van der Waals surface area contributed by atoms with E-state index >= 15 is 0 Å². The Labute approximate surface area is 233 Å². The molecule has 4 nitrogen and oxygen atoms in total. The number of benzene rings is 3. The van der Waals surface area contributed by atoms with Crippen molar-refractivity contribution in [2.24, 2.45) is 5.41 Å². The number of hydrogen-bond donors (Lipinski definition) is 1. The molecule has 3 aromatic rings. The Morgan fingerprint density at radius 2 is 1.59 bits per heavy atom. The number of anilines is 1. The van der Waals surface area contributed by atoms with E-state index in [9.17, 15) is 9.90 Å². The van der Waals surface area contributed by atoms with Crippen LogP contribution in [-0.2, 0) is 11.2 Å². The highest BCUT2D eigenvalue weighted by Crippen LogP contribution is 2.47. The highest BCUT2D eigenvalue weighted by Gasteiger charge is 2.35. The van der Waals surface area contributed by atoms with E-state index in [2.05, 4.69) is 70.5 Å². The van der Waals surface area contributed by atoms with Gasteiger partial charge in [0.2, 0.25) is 0 Å². The summed E-state index contributed by atoms with van der Waals surface area (Å²) in [5.74, 6) is 1.09. The molecule has 0 aromatic heterocycles. The normalized spacial score (nSPS) is 26.0. The van der Waals surface area contributed by atoms with Crippen molar-refractivity contribution in [3.63, 3.8) is 0 Å². The van der Waals surface area contributed by atoms with Crippen molar-refractivity contribution in [1.29, 1.82) is 0 Å². The van der Waals surface area contributed by atoms with Crippen molar-refractivity contribution in [1.82, 2.24) is 4.90 Å². The van der Waals surface area contributed by atoms with Crippen LogP contribution in [0.1, 0.15) is 79.0 Å². The number of rotatable bonds is 5. The molecule has 2 heterocycles. The van der Waals surface area contributed by atoms with Crippen molar-refractivity contribution in [2.75, 3.05) is 37.6 Å². The van der Waals surface area contributed by atoms with Gasteiger partial charge in [-0.15, -0.1) is 0 Å². The number of nitrogens with zero attached hydrogens (tertiary/aromatic N) is 2. The molecule has 1 aliphatic carbocycles. The summed E-state index contributed by atoms with van der Waals surface area (Å²) < 4.78 is 0. The van der Waals surface area contributed by atoms with Crippen molar-refractivity contribution >= 4 is 12.0 Å². The average Bonchev–Trinajstić information content (AvgIpc) is 3.31. The molecule has 3 aromatic carbocycles. The number of fused-ring (bicyclic) bond motifs is 1. The smallest absolute Gasteiger partial charge is 0.133 e. The zero-order chi connectivity index (χ0) is 26.7. The van der Waals surface area contributed by atoms with Crippen LogP contribution in [0.4, 0.5) is 5.69 Å². The van der Waals surface area contributed by atoms with Gasteiger partial charge in [-0.2, -0.15) is 0 Å². The number of aryl methyl sites for hydroxylation is 1. The summed E-state index contributed by atoms with van der Waals surface area (Å²) in [6, 6.07) is 26.4. The molecule has 1 unspecified atom stereocenters. The van der Waals surface area contributed by atoms with Gasteiger partial charge in [0.05, 0.1) is 6.54 Å². The third kappa shape index (κ3) is 5.63. The van der Waals surface area contributed by atoms with Gasteiger partial charge in [-0.05, 0) is 122 Å². The fraction of sp³-hybridized carbons (Fsp3) is 0.457. The lowest BCUT2D eigenvalue weighted by atomic mass is 9.69. The van der Waals surface area contributed by atoms with Gasteiger partial charge in [-0.25, -0.2) is 0 Å². The van der Waals surface area contributed by atoms with Gasteiger partial charge in [0, 0.05) is 24.7 Å². The van der Waals surface area contributed by atoms with E-state index in [0.29, 0.717) is 29.5 Å². The van der Waals surface area contributed by atoms with Crippen LogP contribution < -0.4 is 4.90 Å². The third-order valence-electron chi connectivity index (χ3n) is 9.95. The summed E-state index contributed by atoms with van der Waals surface area (Å²) in [5, 5.41) is 10.2. The Morgan fingerprint density at radius 3 is 2.38 bits per heavy atom. The van der Waals surface area contributed by atoms with Gasteiger partial charge in [0.25, 0.3) is 0 Å². The molecule has 0 saturated carbocycles. The molecule has 2 saturated heterocycles. The highest BCUT2D eigenvalue weighted by atomic mass is 16.3. The van der Waals surface area contributed by atoms with Crippen LogP contribution in [0, 0.1) is 5.41 Å². The van der Waals surface area contributed by atoms with E-state index in [1.165, 1.54) is 66.5 Å². The second-order valence-corrected chi connectivity index (χ2v) is 12.2. The van der Waals surface area contributed by atoms with Crippen LogP contribution in [0.15, 0.2) is 72.8 Å². The van der Waals surface area contributed by atoms with E-state index in [1.807, 2.05) is 12.1 Å². The van der Waals surface area contributed by atoms with Gasteiger partial charge >= 0.3 is 0 Å². The van der Waals surface area contributed by atoms with Crippen molar-refractivity contribution < 1.29 is 9.90 Å². The second-order valence-electron chi connectivity index (χ2n) is 12.2. The number of phenolic OH excluding ortho intramolecular Hbond substituents is 1. The molecule has 3 atom stereocenters. The number of aromatic hydroxyl groups is 1. The lowest BCUT2D eigenvalue weighted by Gasteiger charge is -2.35. The number of likely N-dealkylation sites (tertiary alicyclic amines) is 1. The number of aldehydes is 1. The standard InChI is InChI=1S/C35H42N2O2/c38-25-24-36-20-4-16-35(18-22-36)17-5-21-37(23-19-35)30-11-8-28(9-12-30)34-32(27-6-2-1-3-7-27)14-10-29-26-31(39)13-15-33(29)34/h1-3,6-9,11-13,15,25-26,32,34,39H,4-5,10,14,16-24H2/t32-,34+,35?/m0/s1. The second kappa shape index (κ2) is 11.6. The maximum absolute atomic E-state index is 11.0. The average molecular weight is 523 g/mol. The number of phenols is 1. The SMILES string of the molecule is O=CCN1CCCC2(CCCN(c3ccc([C@H]4c5ccc(O)cc5CC[C@H]4c4ccccc4)cc3)CC2)CC1. The number of carbonyl (C=O) groups excluding carboxylic acids is 1. The van der Waals surface area contributed by atoms with E-state index in [-0.39, 0.29) is 0 Å². The van der Waals surface area contributed by atoms with Crippen molar-refractivity contribution in [2.45, 2.75) is 63.2 Å². The van der Waals surface area contributed by atoms with Crippen LogP contribution in [-0.4, -0.2) is 49.0 Å². The van der Waals surface area contributed by atoms with Gasteiger partial charge in [-0.3, -0.25) is 4.90 Å². The van der Waals surface area contributed by atoms with Crippen LogP contribution in [0.2, 0.25) is 0 Å². The summed E-state index contributed by atoms with van der Waals surface area (Å²) in [5.41, 5.74) is 7.18. The van der Waals surface area contributed by atoms with Gasteiger partial charge in [-0.1, -0.05) is 48.5 Å². The summed E-state index contributed by atoms with van der Waals surface area (Å²) in [6.07, 6.45) is 10.7. The molecule has 2 fully saturated rings. The Hall–Kier alpha value is -3.11. The monoisotopic (exact) mass is 522 g/mol. The first-order valence-electron chi connectivity index (χ1n) is 15.0. The van der Waals surface area contributed by atoms with Gasteiger partial charge in [0.15, 0.2) is 0 Å². The molecule has 0 bridgehead atoms. The molecule has 2 aliphatic heterocycles. The molecule has 6 rings (SSSR count). The predicted octanol–water partition coefficient (Wildman–Crippen LogP) is 6.92. The first-order valence-corrected chi connectivity index (χ1v) is 15.0. The van der Waals surface area contributed by atoms with Crippen LogP contribution in [0.3, 0.4) is 0 Å². The van der Waals surface area contributed by atoms with E-state index in [4.69, 9.17) is 0 Å². The fourth-order valence-corrected chi connectivity index (χ4v) is 7.78. The summed E-state index contributed by atoms with van der Waals surface area (Å²) in [4.78, 5) is 16.0. The molecule has 1 spiro atoms. The van der Waals surface area contributed by atoms with Crippen LogP contribution in [0.5, 0.6) is 5.75 Å². The van der Waals surface area contributed by atoms with E-state index in [1.54, 1.807) is 0 Å². The lowest BCUT2D eigenvalue weighted by molar-refractivity contribution is -0.108. The minimum Gasteiger partial charge on any atom is -0.508 e. The van der Waals surface area contributed by atoms with E-state index in [0.717, 1.165) is 45.3 Å². The van der Waals surface area contributed by atoms with Crippen molar-refractivity contribution in [3.8, 4) is 5.75 Å². The molecule has 4 heteroatoms. The highest BCUT2D eigenvalue weighted by molar-refractivity contribution is 5.53. The molecule has 3 aliphatic rings. The molecule has 39 heavy (non-hydrogen) atoms. The van der Waals surface area contributed by atoms with Gasteiger partial charge < -0.3 is 14.8 Å². The first kappa shape index (κ1) is 26.1. The Bertz CT molecular complexity index is 1260. The van der Waals surface area contributed by atoms with Crippen LogP contribution >= 0.6 is 0 Å². The maximum Gasteiger partial charge on any atom is 0.133 e. The molecular formula is C35H42N2O2. The Balaban J connectivity index is 1.21. The first-order chi connectivity index (χ1) is 19.1. The zero-order valence-electron chi connectivity index (χ0n) is 23.1. The minimum atomic E-state index is 0.290. The lowest BCUT2D eigenvalue weighted by Crippen LogP contribution is -2.29. The molecule has 1 N–H and O–H groups in total. The van der Waals surface area contributed by atoms with E-state index < -0.39 is 0 Å². The number of carbonyl (C=O) groups is 1. The summed E-state index contributed by atoms with van der Waals surface area (Å²) >= 11 is 0. The Morgan fingerprint density at radius 1 is 0.821 bits per heavy atom. The number of hydrogen-bond acceptors (Lipinski definition) is 4. The van der Waals surface area contributed by atoms with Crippen molar-refractivity contribution in [3.05, 3.63) is 95.1 Å². The molecular weight excluding hydrogens is 480 g/mol. The summed E-state index contributed by atoms with van der Waals surface area (Å²) in [6.45, 7) is 4.96. The zero-order valence-corrected chi connectivity index (χ0v) is 23.1. The molecule has 0 amide bonds. The largest absolute Gasteiger partial charge is 0.508 e. The van der Waals surface area contributed by atoms with Gasteiger partial charge in [0.1, 0.15) is 12.0 Å². The quantitative estimate of drug-likeness (QED) is 0.370. The fourth-order valence-electron chi connectivity index (χ4n) is 7.78. The third-order valence-corrected chi connectivity index (χ3v) is 9.95. The predicted molar refractivity (Wildman–Crippen MR) is 159 cm³/mol.